The van der Waals surface area contributed by atoms with Gasteiger partial charge in [-0.25, -0.2) is 13.2 Å². The van der Waals surface area contributed by atoms with Gasteiger partial charge in [0, 0.05) is 11.1 Å². The lowest BCUT2D eigenvalue weighted by atomic mass is 10.2. The van der Waals surface area contributed by atoms with Crippen molar-refractivity contribution in [1.29, 1.82) is 0 Å². The number of nitro groups is 1. The Morgan fingerprint density at radius 3 is 2.26 bits per heavy atom. The Morgan fingerprint density at radius 1 is 1.03 bits per heavy atom. The molecule has 3 rings (SSSR count). The first kappa shape index (κ1) is 22.0. The fourth-order valence-corrected chi connectivity index (χ4v) is 2.54. The molecule has 0 aliphatic rings. The van der Waals surface area contributed by atoms with Crippen LogP contribution in [0.5, 0.6) is 5.75 Å². The number of amides is 1. The molecule has 0 saturated heterocycles. The van der Waals surface area contributed by atoms with Crippen LogP contribution in [0.15, 0.2) is 34.7 Å². The molecule has 0 bridgehead atoms. The van der Waals surface area contributed by atoms with E-state index in [1.807, 2.05) is 0 Å². The molecule has 1 heterocycles. The number of ether oxygens (including phenoxy) is 1. The van der Waals surface area contributed by atoms with E-state index in [1.165, 1.54) is 12.1 Å². The van der Waals surface area contributed by atoms with Crippen LogP contribution in [-0.2, 0) is 6.61 Å². The fourth-order valence-electron chi connectivity index (χ4n) is 2.38. The number of halogens is 6. The molecule has 7 nitrogen and oxygen atoms in total. The van der Waals surface area contributed by atoms with Crippen LogP contribution in [0.1, 0.15) is 16.3 Å². The molecule has 0 aliphatic carbocycles. The predicted molar refractivity (Wildman–Crippen MR) is 95.3 cm³/mol. The first-order chi connectivity index (χ1) is 14.6. The number of carbonyl (C=O) groups excluding carboxylic acids is 1. The Bertz CT molecular complexity index is 1170. The highest BCUT2D eigenvalue weighted by atomic mass is 35.5. The summed E-state index contributed by atoms with van der Waals surface area (Å²) in [7, 11) is 0. The lowest BCUT2D eigenvalue weighted by molar-refractivity contribution is -0.383. The Hall–Kier alpha value is -3.67. The second kappa shape index (κ2) is 8.60. The fraction of sp³-hybridized carbons (Fsp3) is 0.0556. The lowest BCUT2D eigenvalue weighted by Gasteiger charge is -2.09. The summed E-state index contributed by atoms with van der Waals surface area (Å²) >= 11 is 5.68. The van der Waals surface area contributed by atoms with Crippen LogP contribution < -0.4 is 10.1 Å². The minimum absolute atomic E-state index is 0.0651. The summed E-state index contributed by atoms with van der Waals surface area (Å²) in [6.45, 7) is -0.785. The predicted octanol–water partition coefficient (Wildman–Crippen LogP) is 5.37. The molecule has 13 heteroatoms. The van der Waals surface area contributed by atoms with E-state index in [1.54, 1.807) is 0 Å². The summed E-state index contributed by atoms with van der Waals surface area (Å²) in [4.78, 5) is 22.5. The molecule has 0 spiro atoms. The third-order valence-electron chi connectivity index (χ3n) is 3.82. The zero-order valence-electron chi connectivity index (χ0n) is 14.9. The van der Waals surface area contributed by atoms with E-state index in [4.69, 9.17) is 16.0 Å². The van der Waals surface area contributed by atoms with Crippen molar-refractivity contribution >= 4 is 28.9 Å². The smallest absolute Gasteiger partial charge is 0.294 e. The summed E-state index contributed by atoms with van der Waals surface area (Å²) < 4.78 is 76.3. The highest BCUT2D eigenvalue weighted by molar-refractivity contribution is 6.31. The van der Waals surface area contributed by atoms with E-state index >= 15 is 0 Å². The Morgan fingerprint density at radius 2 is 1.65 bits per heavy atom. The number of carbonyl (C=O) groups is 1. The lowest BCUT2D eigenvalue weighted by Crippen LogP contribution is -2.12. The molecular formula is C18H8ClF5N2O5. The first-order valence-corrected chi connectivity index (χ1v) is 8.46. The zero-order chi connectivity index (χ0) is 22.9. The van der Waals surface area contributed by atoms with Crippen LogP contribution in [0.4, 0.5) is 33.3 Å². The van der Waals surface area contributed by atoms with Gasteiger partial charge in [-0.1, -0.05) is 11.6 Å². The van der Waals surface area contributed by atoms with Gasteiger partial charge in [-0.3, -0.25) is 14.9 Å². The van der Waals surface area contributed by atoms with Gasteiger partial charge in [-0.2, -0.15) is 8.78 Å². The maximum absolute atomic E-state index is 13.6. The Balaban J connectivity index is 1.75. The maximum atomic E-state index is 13.6. The van der Waals surface area contributed by atoms with E-state index in [9.17, 15) is 36.9 Å². The minimum Gasteiger partial charge on any atom is -0.479 e. The summed E-state index contributed by atoms with van der Waals surface area (Å²) in [5.74, 6) is -14.1. The van der Waals surface area contributed by atoms with Crippen LogP contribution in [0.25, 0.3) is 0 Å². The van der Waals surface area contributed by atoms with Crippen molar-refractivity contribution in [3.8, 4) is 5.75 Å². The van der Waals surface area contributed by atoms with Crippen molar-refractivity contribution in [1.82, 2.24) is 0 Å². The van der Waals surface area contributed by atoms with Gasteiger partial charge in [0.15, 0.2) is 11.5 Å². The van der Waals surface area contributed by atoms with E-state index in [0.29, 0.717) is 0 Å². The monoisotopic (exact) mass is 462 g/mol. The number of nitro benzene ring substituents is 1. The van der Waals surface area contributed by atoms with Crippen molar-refractivity contribution in [2.24, 2.45) is 0 Å². The number of hydrogen-bond donors (Lipinski definition) is 1. The standard InChI is InChI=1S/C18H8ClF5N2O5/c19-7-1-3-9(10(5-7)26(28)29)25-18(27)11-4-2-8(31-11)6-30-17-15(23)13(21)12(20)14(22)16(17)24/h1-5H,6H2,(H,25,27). The minimum atomic E-state index is -2.34. The van der Waals surface area contributed by atoms with Crippen molar-refractivity contribution < 1.29 is 40.8 Å². The van der Waals surface area contributed by atoms with Crippen molar-refractivity contribution in [2.45, 2.75) is 6.61 Å². The molecule has 0 fully saturated rings. The average Bonchev–Trinajstić information content (AvgIpc) is 3.21. The van der Waals surface area contributed by atoms with Crippen LogP contribution in [0, 0.1) is 39.2 Å². The highest BCUT2D eigenvalue weighted by Gasteiger charge is 2.27. The summed E-state index contributed by atoms with van der Waals surface area (Å²) in [5, 5.41) is 13.3. The van der Waals surface area contributed by atoms with Crippen LogP contribution in [0.2, 0.25) is 5.02 Å². The summed E-state index contributed by atoms with van der Waals surface area (Å²) in [6.07, 6.45) is 0. The molecule has 3 aromatic rings. The highest BCUT2D eigenvalue weighted by Crippen LogP contribution is 2.30. The zero-order valence-corrected chi connectivity index (χ0v) is 15.6. The van der Waals surface area contributed by atoms with Crippen molar-refractivity contribution in [3.63, 3.8) is 0 Å². The van der Waals surface area contributed by atoms with Gasteiger partial charge in [-0.15, -0.1) is 0 Å². The average molecular weight is 463 g/mol. The number of rotatable bonds is 6. The van der Waals surface area contributed by atoms with Gasteiger partial charge in [0.1, 0.15) is 18.1 Å². The molecule has 0 radical (unpaired) electrons. The van der Waals surface area contributed by atoms with Crippen molar-refractivity contribution in [3.05, 3.63) is 86.1 Å². The largest absolute Gasteiger partial charge is 0.479 e. The number of hydrogen-bond acceptors (Lipinski definition) is 5. The third kappa shape index (κ3) is 4.43. The summed E-state index contributed by atoms with van der Waals surface area (Å²) in [5.41, 5.74) is -0.669. The molecular weight excluding hydrogens is 455 g/mol. The van der Waals surface area contributed by atoms with Crippen LogP contribution in [0.3, 0.4) is 0 Å². The first-order valence-electron chi connectivity index (χ1n) is 8.08. The Kier molecular flexibility index (Phi) is 6.11. The van der Waals surface area contributed by atoms with Crippen molar-refractivity contribution in [2.75, 3.05) is 5.32 Å². The molecule has 31 heavy (non-hydrogen) atoms. The van der Waals surface area contributed by atoms with Crippen LogP contribution in [-0.4, -0.2) is 10.8 Å². The van der Waals surface area contributed by atoms with E-state index in [-0.39, 0.29) is 22.2 Å². The number of nitrogens with zero attached hydrogens (tertiary/aromatic N) is 1. The van der Waals surface area contributed by atoms with E-state index in [2.05, 4.69) is 10.1 Å². The Labute approximate surface area is 174 Å². The molecule has 1 aromatic heterocycles. The normalized spacial score (nSPS) is 10.8. The van der Waals surface area contributed by atoms with Gasteiger partial charge in [0.25, 0.3) is 11.6 Å². The SMILES string of the molecule is O=C(Nc1ccc(Cl)cc1[N+](=O)[O-])c1ccc(COc2c(F)c(F)c(F)c(F)c2F)o1. The third-order valence-corrected chi connectivity index (χ3v) is 4.05. The molecule has 0 unspecified atom stereocenters. The molecule has 0 atom stereocenters. The topological polar surface area (TPSA) is 94.6 Å². The second-order valence-corrected chi connectivity index (χ2v) is 6.26. The van der Waals surface area contributed by atoms with Gasteiger partial charge >= 0.3 is 0 Å². The number of benzene rings is 2. The van der Waals surface area contributed by atoms with E-state index < -0.39 is 58.0 Å². The quantitative estimate of drug-likeness (QED) is 0.175. The second-order valence-electron chi connectivity index (χ2n) is 5.83. The van der Waals surface area contributed by atoms with Crippen LogP contribution >= 0.6 is 11.6 Å². The number of anilines is 1. The number of nitrogens with one attached hydrogen (secondary N) is 1. The van der Waals surface area contributed by atoms with Gasteiger partial charge in [0.2, 0.25) is 29.1 Å². The molecule has 2 aromatic carbocycles. The van der Waals surface area contributed by atoms with Gasteiger partial charge in [-0.05, 0) is 24.3 Å². The molecule has 162 valence electrons. The van der Waals surface area contributed by atoms with E-state index in [0.717, 1.165) is 18.2 Å². The van der Waals surface area contributed by atoms with Gasteiger partial charge in [0.05, 0.1) is 4.92 Å². The summed E-state index contributed by atoms with van der Waals surface area (Å²) in [6, 6.07) is 5.75. The van der Waals surface area contributed by atoms with Gasteiger partial charge < -0.3 is 14.5 Å². The maximum Gasteiger partial charge on any atom is 0.294 e. The molecule has 1 N–H and O–H groups in total. The molecule has 0 saturated carbocycles. The molecule has 0 aliphatic heterocycles. The number of furan rings is 1. The molecule has 1 amide bonds.